The molecule has 20 heavy (non-hydrogen) atoms. The van der Waals surface area contributed by atoms with Crippen molar-refractivity contribution in [2.75, 3.05) is 6.54 Å². The minimum atomic E-state index is -3.77. The number of aliphatic hydroxyl groups excluding tert-OH is 1. The first-order chi connectivity index (χ1) is 9.14. The molecular formula is C14H20ClNO3S. The van der Waals surface area contributed by atoms with Gasteiger partial charge in [0.05, 0.1) is 11.6 Å². The van der Waals surface area contributed by atoms with Gasteiger partial charge in [0, 0.05) is 12.1 Å². The zero-order valence-corrected chi connectivity index (χ0v) is 13.5. The van der Waals surface area contributed by atoms with Gasteiger partial charge in [-0.1, -0.05) is 23.7 Å². The van der Waals surface area contributed by atoms with Crippen LogP contribution in [0.4, 0.5) is 0 Å². The molecule has 4 nitrogen and oxygen atoms in total. The van der Waals surface area contributed by atoms with Crippen LogP contribution in [-0.2, 0) is 16.6 Å². The molecule has 1 aromatic carbocycles. The van der Waals surface area contributed by atoms with Crippen LogP contribution < -0.4 is 0 Å². The van der Waals surface area contributed by atoms with Gasteiger partial charge in [0.15, 0.2) is 0 Å². The molecule has 0 saturated heterocycles. The number of hydrogen-bond acceptors (Lipinski definition) is 3. The molecule has 0 spiro atoms. The zero-order chi connectivity index (χ0) is 15.6. The van der Waals surface area contributed by atoms with Crippen molar-refractivity contribution in [1.82, 2.24) is 4.31 Å². The van der Waals surface area contributed by atoms with Crippen LogP contribution in [0, 0.1) is 0 Å². The zero-order valence-electron chi connectivity index (χ0n) is 11.9. The average molecular weight is 318 g/mol. The van der Waals surface area contributed by atoms with Crippen LogP contribution in [0.15, 0.2) is 35.7 Å². The van der Waals surface area contributed by atoms with E-state index >= 15 is 0 Å². The van der Waals surface area contributed by atoms with E-state index in [9.17, 15) is 8.42 Å². The molecule has 1 aromatic rings. The first-order valence-corrected chi connectivity index (χ1v) is 7.99. The van der Waals surface area contributed by atoms with Crippen LogP contribution >= 0.6 is 11.6 Å². The molecule has 1 rings (SSSR count). The maximum atomic E-state index is 12.8. The molecule has 0 aromatic heterocycles. The number of halogens is 1. The Labute approximate surface area is 125 Å². The van der Waals surface area contributed by atoms with Gasteiger partial charge < -0.3 is 5.11 Å². The highest BCUT2D eigenvalue weighted by molar-refractivity contribution is 7.89. The summed E-state index contributed by atoms with van der Waals surface area (Å²) >= 11 is 6.02. The quantitative estimate of drug-likeness (QED) is 0.850. The van der Waals surface area contributed by atoms with Crippen LogP contribution in [0.5, 0.6) is 0 Å². The Balaban J connectivity index is 3.44. The number of benzene rings is 1. The van der Waals surface area contributed by atoms with Crippen LogP contribution in [0.25, 0.3) is 0 Å². The molecule has 0 amide bonds. The summed E-state index contributed by atoms with van der Waals surface area (Å²) in [6, 6.07) is 4.48. The Hall–Kier alpha value is -0.880. The van der Waals surface area contributed by atoms with E-state index in [0.29, 0.717) is 5.56 Å². The molecule has 0 aliphatic heterocycles. The van der Waals surface area contributed by atoms with Gasteiger partial charge in [0.25, 0.3) is 0 Å². The van der Waals surface area contributed by atoms with E-state index < -0.39 is 15.6 Å². The van der Waals surface area contributed by atoms with Crippen molar-refractivity contribution in [2.24, 2.45) is 0 Å². The Morgan fingerprint density at radius 2 is 2.00 bits per heavy atom. The van der Waals surface area contributed by atoms with Gasteiger partial charge in [-0.25, -0.2) is 8.42 Å². The summed E-state index contributed by atoms with van der Waals surface area (Å²) in [6.07, 6.45) is 1.53. The number of hydrogen-bond donors (Lipinski definition) is 1. The van der Waals surface area contributed by atoms with Crippen molar-refractivity contribution in [3.63, 3.8) is 0 Å². The molecule has 0 aliphatic rings. The molecule has 0 bridgehead atoms. The molecular weight excluding hydrogens is 298 g/mol. The lowest BCUT2D eigenvalue weighted by atomic mass is 10.1. The third-order valence-electron chi connectivity index (χ3n) is 2.79. The highest BCUT2D eigenvalue weighted by Gasteiger charge is 2.34. The van der Waals surface area contributed by atoms with Crippen molar-refractivity contribution in [2.45, 2.75) is 37.8 Å². The second-order valence-electron chi connectivity index (χ2n) is 5.42. The maximum absolute atomic E-state index is 12.8. The Morgan fingerprint density at radius 3 is 2.45 bits per heavy atom. The first-order valence-electron chi connectivity index (χ1n) is 6.17. The summed E-state index contributed by atoms with van der Waals surface area (Å²) in [7, 11) is -3.77. The third kappa shape index (κ3) is 3.61. The molecule has 0 fully saturated rings. The summed E-state index contributed by atoms with van der Waals surface area (Å²) in [4.78, 5) is 0.00231. The van der Waals surface area contributed by atoms with E-state index in [4.69, 9.17) is 16.7 Å². The fourth-order valence-corrected chi connectivity index (χ4v) is 4.10. The number of rotatable bonds is 5. The Morgan fingerprint density at radius 1 is 1.40 bits per heavy atom. The number of aliphatic hydroxyl groups is 1. The first kappa shape index (κ1) is 17.2. The average Bonchev–Trinajstić information content (AvgIpc) is 2.34. The van der Waals surface area contributed by atoms with E-state index in [0.717, 1.165) is 0 Å². The lowest BCUT2D eigenvalue weighted by Gasteiger charge is -2.33. The molecule has 0 saturated carbocycles. The second-order valence-corrected chi connectivity index (χ2v) is 7.66. The summed E-state index contributed by atoms with van der Waals surface area (Å²) < 4.78 is 26.9. The number of sulfonamides is 1. The standard InChI is InChI=1S/C14H20ClNO3S/c1-5-8-16(14(2,3)4)20(18,19)13-9-11(10-17)6-7-12(13)15/h5-7,9,17H,1,8,10H2,2-4H3. The molecule has 0 atom stereocenters. The molecule has 0 unspecified atom stereocenters. The largest absolute Gasteiger partial charge is 0.392 e. The molecule has 0 radical (unpaired) electrons. The van der Waals surface area contributed by atoms with Crippen LogP contribution in [-0.4, -0.2) is 29.9 Å². The topological polar surface area (TPSA) is 57.6 Å². The maximum Gasteiger partial charge on any atom is 0.245 e. The monoisotopic (exact) mass is 317 g/mol. The highest BCUT2D eigenvalue weighted by Crippen LogP contribution is 2.30. The summed E-state index contributed by atoms with van der Waals surface area (Å²) in [5, 5.41) is 9.29. The van der Waals surface area contributed by atoms with Gasteiger partial charge in [-0.15, -0.1) is 6.58 Å². The Kier molecular flexibility index (Phi) is 5.38. The highest BCUT2D eigenvalue weighted by atomic mass is 35.5. The van der Waals surface area contributed by atoms with Gasteiger partial charge >= 0.3 is 0 Å². The molecule has 1 N–H and O–H groups in total. The summed E-state index contributed by atoms with van der Waals surface area (Å²) in [5.41, 5.74) is -0.105. The van der Waals surface area contributed by atoms with Gasteiger partial charge in [0.1, 0.15) is 4.90 Å². The molecule has 0 aliphatic carbocycles. The van der Waals surface area contributed by atoms with Crippen LogP contribution in [0.1, 0.15) is 26.3 Å². The van der Waals surface area contributed by atoms with Gasteiger partial charge in [-0.05, 0) is 38.5 Å². The van der Waals surface area contributed by atoms with Gasteiger partial charge in [-0.3, -0.25) is 0 Å². The smallest absolute Gasteiger partial charge is 0.245 e. The van der Waals surface area contributed by atoms with E-state index in [2.05, 4.69) is 6.58 Å². The predicted molar refractivity (Wildman–Crippen MR) is 81.2 cm³/mol. The van der Waals surface area contributed by atoms with E-state index in [1.165, 1.54) is 22.5 Å². The van der Waals surface area contributed by atoms with E-state index in [-0.39, 0.29) is 23.1 Å². The normalized spacial score (nSPS) is 12.7. The fraction of sp³-hybridized carbons (Fsp3) is 0.429. The lowest BCUT2D eigenvalue weighted by molar-refractivity contribution is 0.269. The molecule has 6 heteroatoms. The second kappa shape index (κ2) is 6.26. The van der Waals surface area contributed by atoms with Crippen molar-refractivity contribution in [3.8, 4) is 0 Å². The van der Waals surface area contributed by atoms with Gasteiger partial charge in [0.2, 0.25) is 10.0 Å². The predicted octanol–water partition coefficient (Wildman–Crippen LogP) is 2.81. The van der Waals surface area contributed by atoms with Crippen molar-refractivity contribution in [3.05, 3.63) is 41.4 Å². The van der Waals surface area contributed by atoms with E-state index in [1.807, 2.05) is 0 Å². The van der Waals surface area contributed by atoms with Crippen LogP contribution in [0.3, 0.4) is 0 Å². The van der Waals surface area contributed by atoms with Crippen molar-refractivity contribution >= 4 is 21.6 Å². The fourth-order valence-electron chi connectivity index (χ4n) is 1.81. The minimum absolute atomic E-state index is 0.00231. The summed E-state index contributed by atoms with van der Waals surface area (Å²) in [5.74, 6) is 0. The SMILES string of the molecule is C=CCN(C(C)(C)C)S(=O)(=O)c1cc(CO)ccc1Cl. The summed E-state index contributed by atoms with van der Waals surface area (Å²) in [6.45, 7) is 8.96. The van der Waals surface area contributed by atoms with Crippen LogP contribution in [0.2, 0.25) is 5.02 Å². The van der Waals surface area contributed by atoms with Crippen molar-refractivity contribution in [1.29, 1.82) is 0 Å². The number of nitrogens with zero attached hydrogens (tertiary/aromatic N) is 1. The third-order valence-corrected chi connectivity index (χ3v) is 5.40. The molecule has 112 valence electrons. The minimum Gasteiger partial charge on any atom is -0.392 e. The van der Waals surface area contributed by atoms with Gasteiger partial charge in [-0.2, -0.15) is 4.31 Å². The Bertz CT molecular complexity index is 591. The molecule has 0 heterocycles. The van der Waals surface area contributed by atoms with Crippen molar-refractivity contribution < 1.29 is 13.5 Å². The lowest BCUT2D eigenvalue weighted by Crippen LogP contribution is -2.45. The van der Waals surface area contributed by atoms with E-state index in [1.54, 1.807) is 26.8 Å².